The number of hydrogen-bond donors (Lipinski definition) is 0. The van der Waals surface area contributed by atoms with Crippen molar-refractivity contribution in [3.05, 3.63) is 40.9 Å². The Morgan fingerprint density at radius 3 is 3.14 bits per heavy atom. The standard InChI is InChI=1S/C13H12BrN7/c14-10-6-9(7-15-8-10)11-2-1-4-20(11)12-13-17-18-19-21(13)5-3-16-12/h3,5-8,11H,1-2,4H2. The number of anilines is 1. The molecule has 1 saturated heterocycles. The van der Waals surface area contributed by atoms with E-state index in [2.05, 4.69) is 52.4 Å². The summed E-state index contributed by atoms with van der Waals surface area (Å²) < 4.78 is 2.64. The summed E-state index contributed by atoms with van der Waals surface area (Å²) in [5.74, 6) is 0.824. The lowest BCUT2D eigenvalue weighted by Gasteiger charge is -2.25. The van der Waals surface area contributed by atoms with Crippen molar-refractivity contribution in [1.82, 2.24) is 30.0 Å². The zero-order chi connectivity index (χ0) is 14.2. The highest BCUT2D eigenvalue weighted by atomic mass is 79.9. The predicted octanol–water partition coefficient (Wildman–Crippen LogP) is 2.02. The Morgan fingerprint density at radius 1 is 1.29 bits per heavy atom. The van der Waals surface area contributed by atoms with Crippen molar-refractivity contribution in [2.75, 3.05) is 11.4 Å². The summed E-state index contributed by atoms with van der Waals surface area (Å²) in [6, 6.07) is 2.36. The molecule has 0 aliphatic carbocycles. The minimum atomic E-state index is 0.255. The quantitative estimate of drug-likeness (QED) is 0.707. The molecule has 3 aromatic rings. The molecule has 8 heteroatoms. The number of hydrogen-bond acceptors (Lipinski definition) is 6. The second-order valence-corrected chi connectivity index (χ2v) is 5.90. The van der Waals surface area contributed by atoms with E-state index in [0.29, 0.717) is 5.65 Å². The van der Waals surface area contributed by atoms with Crippen LogP contribution in [-0.2, 0) is 0 Å². The van der Waals surface area contributed by atoms with Crippen LogP contribution >= 0.6 is 15.9 Å². The zero-order valence-corrected chi connectivity index (χ0v) is 12.7. The van der Waals surface area contributed by atoms with E-state index in [1.807, 2.05) is 6.20 Å². The van der Waals surface area contributed by atoms with Gasteiger partial charge in [-0.3, -0.25) is 4.98 Å². The van der Waals surface area contributed by atoms with Gasteiger partial charge in [-0.2, -0.15) is 4.52 Å². The van der Waals surface area contributed by atoms with Crippen molar-refractivity contribution in [1.29, 1.82) is 0 Å². The number of fused-ring (bicyclic) bond motifs is 1. The van der Waals surface area contributed by atoms with Crippen molar-refractivity contribution in [3.8, 4) is 0 Å². The van der Waals surface area contributed by atoms with Crippen LogP contribution < -0.4 is 4.90 Å². The fourth-order valence-corrected chi connectivity index (χ4v) is 3.23. The SMILES string of the molecule is Brc1cncc(C2CCCN2c2nccn3nnnc23)c1. The average Bonchev–Trinajstić information content (AvgIpc) is 3.16. The van der Waals surface area contributed by atoms with Gasteiger partial charge in [-0.1, -0.05) is 0 Å². The molecule has 0 aromatic carbocycles. The molecule has 7 nitrogen and oxygen atoms in total. The van der Waals surface area contributed by atoms with Gasteiger partial charge in [-0.05, 0) is 50.8 Å². The molecule has 1 aliphatic heterocycles. The summed E-state index contributed by atoms with van der Waals surface area (Å²) >= 11 is 3.49. The van der Waals surface area contributed by atoms with Crippen LogP contribution in [-0.4, -0.2) is 36.6 Å². The van der Waals surface area contributed by atoms with E-state index in [1.165, 1.54) is 5.56 Å². The van der Waals surface area contributed by atoms with Gasteiger partial charge < -0.3 is 4.90 Å². The first kappa shape index (κ1) is 12.6. The maximum Gasteiger partial charge on any atom is 0.222 e. The van der Waals surface area contributed by atoms with Crippen LogP contribution in [0.1, 0.15) is 24.4 Å². The van der Waals surface area contributed by atoms with E-state index >= 15 is 0 Å². The van der Waals surface area contributed by atoms with E-state index in [-0.39, 0.29) is 6.04 Å². The number of halogens is 1. The third kappa shape index (κ3) is 2.15. The third-order valence-electron chi connectivity index (χ3n) is 3.73. The summed E-state index contributed by atoms with van der Waals surface area (Å²) in [6.45, 7) is 0.941. The molecule has 0 amide bonds. The average molecular weight is 346 g/mol. The van der Waals surface area contributed by atoms with Crippen molar-refractivity contribution < 1.29 is 0 Å². The molecule has 106 valence electrons. The predicted molar refractivity (Wildman–Crippen MR) is 79.8 cm³/mol. The van der Waals surface area contributed by atoms with Crippen LogP contribution in [0.3, 0.4) is 0 Å². The molecular formula is C13H12BrN7. The normalized spacial score (nSPS) is 18.5. The van der Waals surface area contributed by atoms with Gasteiger partial charge in [0.2, 0.25) is 5.65 Å². The monoisotopic (exact) mass is 345 g/mol. The number of rotatable bonds is 2. The third-order valence-corrected chi connectivity index (χ3v) is 4.17. The molecule has 21 heavy (non-hydrogen) atoms. The van der Waals surface area contributed by atoms with Crippen LogP contribution in [0.5, 0.6) is 0 Å². The van der Waals surface area contributed by atoms with Gasteiger partial charge in [0, 0.05) is 29.6 Å². The molecule has 0 N–H and O–H groups in total. The second-order valence-electron chi connectivity index (χ2n) is 4.99. The lowest BCUT2D eigenvalue weighted by Crippen LogP contribution is -2.24. The topological polar surface area (TPSA) is 72.1 Å². The highest BCUT2D eigenvalue weighted by molar-refractivity contribution is 9.10. The number of aromatic nitrogens is 6. The van der Waals surface area contributed by atoms with Gasteiger partial charge in [0.1, 0.15) is 0 Å². The summed E-state index contributed by atoms with van der Waals surface area (Å²) in [7, 11) is 0. The maximum atomic E-state index is 4.49. The minimum absolute atomic E-state index is 0.255. The molecule has 3 aromatic heterocycles. The molecule has 1 aliphatic rings. The zero-order valence-electron chi connectivity index (χ0n) is 11.1. The highest BCUT2D eigenvalue weighted by Crippen LogP contribution is 2.36. The first-order valence-corrected chi connectivity index (χ1v) is 7.52. The van der Waals surface area contributed by atoms with Crippen molar-refractivity contribution in [3.63, 3.8) is 0 Å². The Labute approximate surface area is 129 Å². The lowest BCUT2D eigenvalue weighted by atomic mass is 10.1. The molecule has 0 radical (unpaired) electrons. The molecule has 4 rings (SSSR count). The van der Waals surface area contributed by atoms with Crippen molar-refractivity contribution in [2.24, 2.45) is 0 Å². The summed E-state index contributed by atoms with van der Waals surface area (Å²) in [4.78, 5) is 11.0. The Hall–Kier alpha value is -2.09. The smallest absolute Gasteiger partial charge is 0.222 e. The fraction of sp³-hybridized carbons (Fsp3) is 0.308. The molecule has 0 spiro atoms. The van der Waals surface area contributed by atoms with Gasteiger partial charge >= 0.3 is 0 Å². The van der Waals surface area contributed by atoms with Gasteiger partial charge in [-0.15, -0.1) is 5.10 Å². The number of nitrogens with zero attached hydrogens (tertiary/aromatic N) is 7. The summed E-state index contributed by atoms with van der Waals surface area (Å²) in [5, 5.41) is 11.7. The Morgan fingerprint density at radius 2 is 2.24 bits per heavy atom. The maximum absolute atomic E-state index is 4.49. The molecule has 0 bridgehead atoms. The Balaban J connectivity index is 1.78. The molecular weight excluding hydrogens is 334 g/mol. The van der Waals surface area contributed by atoms with E-state index in [1.54, 1.807) is 23.1 Å². The van der Waals surface area contributed by atoms with Crippen molar-refractivity contribution >= 4 is 27.4 Å². The fourth-order valence-electron chi connectivity index (χ4n) is 2.85. The minimum Gasteiger partial charge on any atom is -0.346 e. The van der Waals surface area contributed by atoms with Crippen LogP contribution in [0.25, 0.3) is 5.65 Å². The lowest BCUT2D eigenvalue weighted by molar-refractivity contribution is 0.706. The number of tetrazole rings is 1. The summed E-state index contributed by atoms with van der Waals surface area (Å²) in [6.07, 6.45) is 9.38. The largest absolute Gasteiger partial charge is 0.346 e. The van der Waals surface area contributed by atoms with Gasteiger partial charge in [-0.25, -0.2) is 4.98 Å². The first-order valence-electron chi connectivity index (χ1n) is 6.73. The Kier molecular flexibility index (Phi) is 3.03. The molecule has 1 atom stereocenters. The molecule has 1 fully saturated rings. The van der Waals surface area contributed by atoms with Crippen molar-refractivity contribution in [2.45, 2.75) is 18.9 Å². The van der Waals surface area contributed by atoms with E-state index in [4.69, 9.17) is 0 Å². The van der Waals surface area contributed by atoms with Gasteiger partial charge in [0.25, 0.3) is 0 Å². The molecule has 0 saturated carbocycles. The Bertz CT molecular complexity index is 787. The van der Waals surface area contributed by atoms with Crippen LogP contribution in [0.2, 0.25) is 0 Å². The van der Waals surface area contributed by atoms with Crippen LogP contribution in [0.4, 0.5) is 5.82 Å². The molecule has 1 unspecified atom stereocenters. The highest BCUT2D eigenvalue weighted by Gasteiger charge is 2.29. The van der Waals surface area contributed by atoms with E-state index in [9.17, 15) is 0 Å². The van der Waals surface area contributed by atoms with Gasteiger partial charge in [0.05, 0.1) is 12.2 Å². The van der Waals surface area contributed by atoms with E-state index < -0.39 is 0 Å². The first-order chi connectivity index (χ1) is 10.3. The molecule has 4 heterocycles. The summed E-state index contributed by atoms with van der Waals surface area (Å²) in [5.41, 5.74) is 1.87. The second kappa shape index (κ2) is 5.03. The van der Waals surface area contributed by atoms with Crippen LogP contribution in [0.15, 0.2) is 35.3 Å². The van der Waals surface area contributed by atoms with Gasteiger partial charge in [0.15, 0.2) is 5.82 Å². The number of pyridine rings is 1. The van der Waals surface area contributed by atoms with E-state index in [0.717, 1.165) is 29.7 Å². The van der Waals surface area contributed by atoms with Crippen LogP contribution in [0, 0.1) is 0 Å².